The van der Waals surface area contributed by atoms with E-state index in [0.29, 0.717) is 11.9 Å². The third-order valence-corrected chi connectivity index (χ3v) is 3.40. The van der Waals surface area contributed by atoms with Crippen molar-refractivity contribution in [1.29, 1.82) is 0 Å². The van der Waals surface area contributed by atoms with E-state index in [1.807, 2.05) is 24.3 Å². The molecule has 0 fully saturated rings. The van der Waals surface area contributed by atoms with Gasteiger partial charge in [0.15, 0.2) is 0 Å². The van der Waals surface area contributed by atoms with Crippen molar-refractivity contribution >= 4 is 27.5 Å². The lowest BCUT2D eigenvalue weighted by Gasteiger charge is -2.17. The molecular formula is C13H12BrNO. The fraction of sp³-hybridized carbons (Fsp3) is 0.154. The van der Waals surface area contributed by atoms with Gasteiger partial charge in [-0.3, -0.25) is 4.79 Å². The second-order valence-corrected chi connectivity index (χ2v) is 4.33. The Balaban J connectivity index is 2.32. The van der Waals surface area contributed by atoms with Gasteiger partial charge in [-0.1, -0.05) is 47.3 Å². The normalized spacial score (nSPS) is 14.2. The Morgan fingerprint density at radius 1 is 1.31 bits per heavy atom. The van der Waals surface area contributed by atoms with Gasteiger partial charge in [0.05, 0.1) is 0 Å². The van der Waals surface area contributed by atoms with Crippen molar-refractivity contribution in [3.05, 3.63) is 54.1 Å². The van der Waals surface area contributed by atoms with E-state index >= 15 is 0 Å². The molecule has 1 amide bonds. The SMILES string of the molecule is C=C(CBr)CN1C(=C)c2ccccc2C1=O. The number of carbonyl (C=O) groups excluding carboxylic acids is 1. The van der Waals surface area contributed by atoms with E-state index in [4.69, 9.17) is 0 Å². The molecule has 0 unspecified atom stereocenters. The van der Waals surface area contributed by atoms with E-state index in [0.717, 1.165) is 22.4 Å². The molecule has 0 aliphatic carbocycles. The molecule has 0 N–H and O–H groups in total. The molecule has 1 aliphatic rings. The molecule has 0 spiro atoms. The summed E-state index contributed by atoms with van der Waals surface area (Å²) >= 11 is 3.33. The van der Waals surface area contributed by atoms with Crippen LogP contribution >= 0.6 is 15.9 Å². The minimum absolute atomic E-state index is 0.0164. The molecule has 3 heteroatoms. The van der Waals surface area contributed by atoms with Crippen molar-refractivity contribution in [2.24, 2.45) is 0 Å². The van der Waals surface area contributed by atoms with Crippen molar-refractivity contribution in [3.63, 3.8) is 0 Å². The number of rotatable bonds is 3. The monoisotopic (exact) mass is 277 g/mol. The van der Waals surface area contributed by atoms with Gasteiger partial charge in [0.2, 0.25) is 0 Å². The molecule has 82 valence electrons. The third kappa shape index (κ3) is 1.71. The molecule has 0 aromatic heterocycles. The Hall–Kier alpha value is -1.35. The first-order valence-electron chi connectivity index (χ1n) is 4.98. The maximum absolute atomic E-state index is 12.1. The molecule has 0 bridgehead atoms. The third-order valence-electron chi connectivity index (χ3n) is 2.61. The average molecular weight is 278 g/mol. The number of carbonyl (C=O) groups is 1. The highest BCUT2D eigenvalue weighted by atomic mass is 79.9. The van der Waals surface area contributed by atoms with Crippen LogP contribution in [0.25, 0.3) is 5.70 Å². The molecule has 2 rings (SSSR count). The van der Waals surface area contributed by atoms with Gasteiger partial charge in [0.1, 0.15) is 0 Å². The van der Waals surface area contributed by atoms with Crippen LogP contribution in [0.4, 0.5) is 0 Å². The number of nitrogens with zero attached hydrogens (tertiary/aromatic N) is 1. The second-order valence-electron chi connectivity index (χ2n) is 3.77. The van der Waals surface area contributed by atoms with Crippen LogP contribution in [-0.2, 0) is 0 Å². The molecule has 1 aromatic rings. The average Bonchev–Trinajstić information content (AvgIpc) is 2.55. The maximum atomic E-state index is 12.1. The van der Waals surface area contributed by atoms with Gasteiger partial charge in [-0.05, 0) is 11.6 Å². The highest BCUT2D eigenvalue weighted by Crippen LogP contribution is 2.31. The van der Waals surface area contributed by atoms with Crippen LogP contribution < -0.4 is 0 Å². The fourth-order valence-corrected chi connectivity index (χ4v) is 1.95. The van der Waals surface area contributed by atoms with Gasteiger partial charge in [-0.15, -0.1) is 0 Å². The smallest absolute Gasteiger partial charge is 0.259 e. The summed E-state index contributed by atoms with van der Waals surface area (Å²) in [5, 5.41) is 0.695. The molecule has 2 nitrogen and oxygen atoms in total. The van der Waals surface area contributed by atoms with Crippen molar-refractivity contribution in [3.8, 4) is 0 Å². The maximum Gasteiger partial charge on any atom is 0.259 e. The van der Waals surface area contributed by atoms with Crippen LogP contribution in [0.1, 0.15) is 15.9 Å². The first-order chi connectivity index (χ1) is 7.65. The van der Waals surface area contributed by atoms with Gasteiger partial charge in [-0.2, -0.15) is 0 Å². The summed E-state index contributed by atoms with van der Waals surface area (Å²) in [6.45, 7) is 8.38. The lowest BCUT2D eigenvalue weighted by atomic mass is 10.1. The van der Waals surface area contributed by atoms with E-state index in [1.54, 1.807) is 4.90 Å². The topological polar surface area (TPSA) is 20.3 Å². The van der Waals surface area contributed by atoms with Crippen LogP contribution in [0.15, 0.2) is 43.0 Å². The largest absolute Gasteiger partial charge is 0.304 e. The number of hydrogen-bond donors (Lipinski definition) is 0. The Morgan fingerprint density at radius 2 is 1.94 bits per heavy atom. The molecule has 1 aliphatic heterocycles. The lowest BCUT2D eigenvalue weighted by Crippen LogP contribution is -2.25. The summed E-state index contributed by atoms with van der Waals surface area (Å²) in [6, 6.07) is 7.54. The number of benzene rings is 1. The number of fused-ring (bicyclic) bond motifs is 1. The summed E-state index contributed by atoms with van der Waals surface area (Å²) < 4.78 is 0. The molecular weight excluding hydrogens is 266 g/mol. The summed E-state index contributed by atoms with van der Waals surface area (Å²) in [4.78, 5) is 13.7. The Morgan fingerprint density at radius 3 is 2.50 bits per heavy atom. The zero-order valence-corrected chi connectivity index (χ0v) is 10.5. The second kappa shape index (κ2) is 4.26. The Labute approximate surface area is 103 Å². The van der Waals surface area contributed by atoms with Crippen LogP contribution in [-0.4, -0.2) is 22.7 Å². The van der Waals surface area contributed by atoms with Crippen LogP contribution in [0.3, 0.4) is 0 Å². The molecule has 1 aromatic carbocycles. The fourth-order valence-electron chi connectivity index (χ4n) is 1.77. The highest BCUT2D eigenvalue weighted by molar-refractivity contribution is 9.09. The summed E-state index contributed by atoms with van der Waals surface area (Å²) in [6.07, 6.45) is 0. The summed E-state index contributed by atoms with van der Waals surface area (Å²) in [5.74, 6) is 0.0164. The van der Waals surface area contributed by atoms with Gasteiger partial charge in [-0.25, -0.2) is 0 Å². The quantitative estimate of drug-likeness (QED) is 0.614. The summed E-state index contributed by atoms with van der Waals surface area (Å²) in [5.41, 5.74) is 3.38. The molecule has 0 atom stereocenters. The van der Waals surface area contributed by atoms with Crippen LogP contribution in [0.2, 0.25) is 0 Å². The van der Waals surface area contributed by atoms with E-state index in [1.165, 1.54) is 0 Å². The van der Waals surface area contributed by atoms with Crippen molar-refractivity contribution in [1.82, 2.24) is 4.90 Å². The van der Waals surface area contributed by atoms with Crippen LogP contribution in [0.5, 0.6) is 0 Å². The molecule has 16 heavy (non-hydrogen) atoms. The van der Waals surface area contributed by atoms with E-state index in [-0.39, 0.29) is 5.91 Å². The number of alkyl halides is 1. The lowest BCUT2D eigenvalue weighted by molar-refractivity contribution is 0.0859. The number of amides is 1. The zero-order valence-electron chi connectivity index (χ0n) is 8.87. The molecule has 0 saturated heterocycles. The first-order valence-corrected chi connectivity index (χ1v) is 6.10. The first kappa shape index (κ1) is 11.1. The van der Waals surface area contributed by atoms with Gasteiger partial charge < -0.3 is 4.90 Å². The van der Waals surface area contributed by atoms with Gasteiger partial charge in [0, 0.05) is 28.7 Å². The highest BCUT2D eigenvalue weighted by Gasteiger charge is 2.30. The standard InChI is InChI=1S/C13H12BrNO/c1-9(7-14)8-15-10(2)11-5-3-4-6-12(11)13(15)16/h3-6H,1-2,7-8H2. The predicted octanol–water partition coefficient (Wildman–Crippen LogP) is 3.06. The summed E-state index contributed by atoms with van der Waals surface area (Å²) in [7, 11) is 0. The van der Waals surface area contributed by atoms with Gasteiger partial charge >= 0.3 is 0 Å². The molecule has 0 saturated carbocycles. The van der Waals surface area contributed by atoms with Gasteiger partial charge in [0.25, 0.3) is 5.91 Å². The molecule has 0 radical (unpaired) electrons. The Kier molecular flexibility index (Phi) is 2.97. The number of hydrogen-bond acceptors (Lipinski definition) is 1. The molecule has 1 heterocycles. The Bertz CT molecular complexity index is 444. The minimum Gasteiger partial charge on any atom is -0.304 e. The van der Waals surface area contributed by atoms with Crippen LogP contribution in [0, 0.1) is 0 Å². The van der Waals surface area contributed by atoms with E-state index in [9.17, 15) is 4.79 Å². The van der Waals surface area contributed by atoms with Crippen molar-refractivity contribution in [2.75, 3.05) is 11.9 Å². The van der Waals surface area contributed by atoms with Crippen molar-refractivity contribution in [2.45, 2.75) is 0 Å². The van der Waals surface area contributed by atoms with Crippen molar-refractivity contribution < 1.29 is 4.79 Å². The van der Waals surface area contributed by atoms with E-state index < -0.39 is 0 Å². The number of halogens is 1. The zero-order chi connectivity index (χ0) is 11.7. The predicted molar refractivity (Wildman–Crippen MR) is 69.4 cm³/mol. The van der Waals surface area contributed by atoms with E-state index in [2.05, 4.69) is 29.1 Å². The minimum atomic E-state index is 0.0164.